The first-order valence-corrected chi connectivity index (χ1v) is 6.47. The molecule has 0 saturated heterocycles. The van der Waals surface area contributed by atoms with Gasteiger partial charge in [-0.25, -0.2) is 4.98 Å². The van der Waals surface area contributed by atoms with E-state index in [1.165, 1.54) is 12.8 Å². The molecule has 1 aliphatic carbocycles. The Balaban J connectivity index is 2.03. The van der Waals surface area contributed by atoms with Gasteiger partial charge in [-0.15, -0.1) is 11.3 Å². The Morgan fingerprint density at radius 1 is 1.47 bits per heavy atom. The predicted molar refractivity (Wildman–Crippen MR) is 59.6 cm³/mol. The van der Waals surface area contributed by atoms with Gasteiger partial charge in [0.2, 0.25) is 0 Å². The highest BCUT2D eigenvalue weighted by Gasteiger charge is 2.37. The molecule has 0 bridgehead atoms. The number of aromatic nitrogens is 1. The lowest BCUT2D eigenvalue weighted by atomic mass is 10.3. The fraction of sp³-hybridized carbons (Fsp3) is 0.727. The van der Waals surface area contributed by atoms with E-state index in [0.29, 0.717) is 12.5 Å². The standard InChI is InChI=1S/C11H14F3N2S/c1-2-16(5-8-3-4-8)6-9-10(11(12,13)14)15-7-17-9/h8H,2-6H2,1H3. The minimum Gasteiger partial charge on any atom is -0.298 e. The first-order chi connectivity index (χ1) is 8.00. The Hall–Kier alpha value is -0.620. The zero-order valence-corrected chi connectivity index (χ0v) is 10.4. The van der Waals surface area contributed by atoms with Crippen molar-refractivity contribution >= 4 is 11.3 Å². The van der Waals surface area contributed by atoms with Crippen LogP contribution in [0.25, 0.3) is 0 Å². The molecule has 1 aromatic heterocycles. The third-order valence-electron chi connectivity index (χ3n) is 2.89. The molecule has 2 nitrogen and oxygen atoms in total. The molecule has 17 heavy (non-hydrogen) atoms. The molecule has 0 aliphatic heterocycles. The van der Waals surface area contributed by atoms with Gasteiger partial charge < -0.3 is 0 Å². The summed E-state index contributed by atoms with van der Waals surface area (Å²) < 4.78 is 37.8. The lowest BCUT2D eigenvalue weighted by molar-refractivity contribution is -0.141. The smallest absolute Gasteiger partial charge is 0.298 e. The van der Waals surface area contributed by atoms with E-state index >= 15 is 0 Å². The fourth-order valence-electron chi connectivity index (χ4n) is 1.74. The van der Waals surface area contributed by atoms with Crippen molar-refractivity contribution in [1.29, 1.82) is 0 Å². The molecule has 1 heterocycles. The van der Waals surface area contributed by atoms with Crippen LogP contribution in [-0.4, -0.2) is 23.0 Å². The van der Waals surface area contributed by atoms with Crippen LogP contribution in [0.3, 0.4) is 0 Å². The molecule has 1 aliphatic rings. The quantitative estimate of drug-likeness (QED) is 0.811. The van der Waals surface area contributed by atoms with Crippen molar-refractivity contribution < 1.29 is 13.2 Å². The summed E-state index contributed by atoms with van der Waals surface area (Å²) in [4.78, 5) is 5.64. The van der Waals surface area contributed by atoms with Crippen LogP contribution < -0.4 is 0 Å². The van der Waals surface area contributed by atoms with Crippen LogP contribution in [0.5, 0.6) is 0 Å². The van der Waals surface area contributed by atoms with Crippen molar-refractivity contribution in [3.05, 3.63) is 16.1 Å². The second-order valence-electron chi connectivity index (χ2n) is 4.35. The molecule has 0 N–H and O–H groups in total. The second kappa shape index (κ2) is 4.94. The van der Waals surface area contributed by atoms with Crippen LogP contribution >= 0.6 is 11.3 Å². The molecule has 2 rings (SSSR count). The molecule has 0 aromatic carbocycles. The molecule has 0 spiro atoms. The van der Waals surface area contributed by atoms with Crippen molar-refractivity contribution in [1.82, 2.24) is 9.88 Å². The van der Waals surface area contributed by atoms with Gasteiger partial charge in [-0.1, -0.05) is 6.92 Å². The van der Waals surface area contributed by atoms with Gasteiger partial charge in [-0.2, -0.15) is 13.2 Å². The van der Waals surface area contributed by atoms with E-state index in [0.717, 1.165) is 24.4 Å². The first-order valence-electron chi connectivity index (χ1n) is 5.66. The molecule has 0 amide bonds. The van der Waals surface area contributed by atoms with E-state index in [-0.39, 0.29) is 4.88 Å². The normalized spacial score (nSPS) is 16.8. The van der Waals surface area contributed by atoms with E-state index in [1.807, 2.05) is 11.8 Å². The summed E-state index contributed by atoms with van der Waals surface area (Å²) in [5.41, 5.74) is 1.58. The van der Waals surface area contributed by atoms with Gasteiger partial charge in [0.25, 0.3) is 0 Å². The number of nitrogens with zero attached hydrogens (tertiary/aromatic N) is 2. The zero-order valence-electron chi connectivity index (χ0n) is 9.55. The number of rotatable bonds is 5. The SMILES string of the molecule is CCN(Cc1s[c]nc1C(F)(F)F)CC1CC1. The van der Waals surface area contributed by atoms with Gasteiger partial charge in [0, 0.05) is 13.1 Å². The third kappa shape index (κ3) is 3.42. The average molecular weight is 263 g/mol. The highest BCUT2D eigenvalue weighted by atomic mass is 32.1. The maximum absolute atomic E-state index is 12.6. The molecular weight excluding hydrogens is 249 g/mol. The monoisotopic (exact) mass is 263 g/mol. The number of hydrogen-bond acceptors (Lipinski definition) is 3. The van der Waals surface area contributed by atoms with Crippen LogP contribution in [0.2, 0.25) is 0 Å². The first kappa shape index (κ1) is 12.8. The van der Waals surface area contributed by atoms with Crippen molar-refractivity contribution in [2.75, 3.05) is 13.1 Å². The van der Waals surface area contributed by atoms with Crippen molar-refractivity contribution in [2.45, 2.75) is 32.5 Å². The third-order valence-corrected chi connectivity index (χ3v) is 3.64. The predicted octanol–water partition coefficient (Wildman–Crippen LogP) is 3.19. The Morgan fingerprint density at radius 3 is 2.71 bits per heavy atom. The van der Waals surface area contributed by atoms with Crippen LogP contribution in [0.1, 0.15) is 30.3 Å². The lowest BCUT2D eigenvalue weighted by Crippen LogP contribution is -2.26. The van der Waals surface area contributed by atoms with Crippen molar-refractivity contribution in [3.8, 4) is 0 Å². The Kier molecular flexibility index (Phi) is 3.73. The van der Waals surface area contributed by atoms with Crippen molar-refractivity contribution in [2.24, 2.45) is 5.92 Å². The van der Waals surface area contributed by atoms with E-state index in [1.54, 1.807) is 0 Å². The van der Waals surface area contributed by atoms with E-state index in [9.17, 15) is 13.2 Å². The number of alkyl halides is 3. The Morgan fingerprint density at radius 2 is 2.18 bits per heavy atom. The number of thiazole rings is 1. The molecule has 95 valence electrons. The van der Waals surface area contributed by atoms with Gasteiger partial charge >= 0.3 is 6.18 Å². The molecule has 6 heteroatoms. The number of halogens is 3. The second-order valence-corrected chi connectivity index (χ2v) is 5.23. The summed E-state index contributed by atoms with van der Waals surface area (Å²) in [5.74, 6) is 0.682. The fourth-order valence-corrected chi connectivity index (χ4v) is 2.49. The number of hydrogen-bond donors (Lipinski definition) is 0. The average Bonchev–Trinajstić information content (AvgIpc) is 2.91. The highest BCUT2D eigenvalue weighted by molar-refractivity contribution is 7.09. The Bertz CT molecular complexity index is 371. The largest absolute Gasteiger partial charge is 0.434 e. The minimum absolute atomic E-state index is 0.278. The van der Waals surface area contributed by atoms with Crippen molar-refractivity contribution in [3.63, 3.8) is 0 Å². The highest BCUT2D eigenvalue weighted by Crippen LogP contribution is 2.34. The van der Waals surface area contributed by atoms with Crippen LogP contribution in [0, 0.1) is 11.4 Å². The zero-order chi connectivity index (χ0) is 12.5. The summed E-state index contributed by atoms with van der Waals surface area (Å²) >= 11 is 0.970. The maximum atomic E-state index is 12.6. The maximum Gasteiger partial charge on any atom is 0.434 e. The van der Waals surface area contributed by atoms with Crippen LogP contribution in [0.15, 0.2) is 0 Å². The summed E-state index contributed by atoms with van der Waals surface area (Å²) in [5, 5.41) is 0. The summed E-state index contributed by atoms with van der Waals surface area (Å²) in [6, 6.07) is 0. The molecule has 1 saturated carbocycles. The van der Waals surface area contributed by atoms with Gasteiger partial charge in [0.1, 0.15) is 0 Å². The molecular formula is C11H14F3N2S. The van der Waals surface area contributed by atoms with E-state index < -0.39 is 11.9 Å². The van der Waals surface area contributed by atoms with E-state index in [4.69, 9.17) is 0 Å². The van der Waals surface area contributed by atoms with Gasteiger partial charge in [0.15, 0.2) is 11.2 Å². The molecule has 1 radical (unpaired) electrons. The van der Waals surface area contributed by atoms with Crippen LogP contribution in [-0.2, 0) is 12.7 Å². The van der Waals surface area contributed by atoms with Gasteiger partial charge in [0.05, 0.1) is 4.88 Å². The molecule has 1 fully saturated rings. The Labute approximate surface area is 102 Å². The van der Waals surface area contributed by atoms with Gasteiger partial charge in [-0.05, 0) is 25.3 Å². The topological polar surface area (TPSA) is 16.1 Å². The molecule has 0 atom stereocenters. The summed E-state index contributed by atoms with van der Waals surface area (Å²) in [6.45, 7) is 3.97. The lowest BCUT2D eigenvalue weighted by Gasteiger charge is -2.20. The summed E-state index contributed by atoms with van der Waals surface area (Å²) in [6.07, 6.45) is -1.94. The van der Waals surface area contributed by atoms with Gasteiger partial charge in [-0.3, -0.25) is 4.90 Å². The minimum atomic E-state index is -4.36. The van der Waals surface area contributed by atoms with E-state index in [2.05, 4.69) is 10.5 Å². The summed E-state index contributed by atoms with van der Waals surface area (Å²) in [7, 11) is 0. The molecule has 1 aromatic rings. The molecule has 0 unspecified atom stereocenters. The van der Waals surface area contributed by atoms with Crippen LogP contribution in [0.4, 0.5) is 13.2 Å².